The molecule has 0 amide bonds. The molecule has 0 aliphatic carbocycles. The number of carboxylic acid groups (broad SMARTS) is 1. The molecule has 0 saturated carbocycles. The Hall–Kier alpha value is -2.67. The minimum absolute atomic E-state index is 0.00367. The fourth-order valence-electron chi connectivity index (χ4n) is 2.08. The van der Waals surface area contributed by atoms with Gasteiger partial charge in [0.2, 0.25) is 5.95 Å². The molecule has 2 aromatic rings. The van der Waals surface area contributed by atoms with Gasteiger partial charge >= 0.3 is 5.97 Å². The van der Waals surface area contributed by atoms with Crippen LogP contribution >= 0.6 is 0 Å². The number of aliphatic hydroxyl groups is 1. The van der Waals surface area contributed by atoms with Crippen LogP contribution in [0.5, 0.6) is 5.75 Å². The maximum Gasteiger partial charge on any atom is 0.339 e. The maximum atomic E-state index is 11.4. The number of rotatable bonds is 7. The van der Waals surface area contributed by atoms with E-state index in [1.54, 1.807) is 43.3 Å². The van der Waals surface area contributed by atoms with Gasteiger partial charge in [-0.3, -0.25) is 0 Å². The van der Waals surface area contributed by atoms with Crippen molar-refractivity contribution in [2.45, 2.75) is 6.92 Å². The number of carbonyl (C=O) groups is 1. The molecule has 2 rings (SSSR count). The van der Waals surface area contributed by atoms with Crippen molar-refractivity contribution in [3.63, 3.8) is 0 Å². The SMILES string of the molecule is CCOc1ccc(-c2ccnc(N(C)CCO)n2)cc1C(=O)O. The highest BCUT2D eigenvalue weighted by Crippen LogP contribution is 2.26. The number of hydrogen-bond acceptors (Lipinski definition) is 6. The van der Waals surface area contributed by atoms with E-state index in [0.29, 0.717) is 36.1 Å². The first kappa shape index (κ1) is 16.7. The second-order valence-corrected chi connectivity index (χ2v) is 4.84. The zero-order chi connectivity index (χ0) is 16.8. The number of aromatic nitrogens is 2. The van der Waals surface area contributed by atoms with Crippen LogP contribution < -0.4 is 9.64 Å². The van der Waals surface area contributed by atoms with Gasteiger partial charge in [-0.2, -0.15) is 0 Å². The van der Waals surface area contributed by atoms with E-state index < -0.39 is 5.97 Å². The Kier molecular flexibility index (Phi) is 5.48. The topological polar surface area (TPSA) is 95.8 Å². The van der Waals surface area contributed by atoms with Gasteiger partial charge in [0.25, 0.3) is 0 Å². The van der Waals surface area contributed by atoms with Crippen LogP contribution in [0.25, 0.3) is 11.3 Å². The number of ether oxygens (including phenoxy) is 1. The quantitative estimate of drug-likeness (QED) is 0.802. The third-order valence-corrected chi connectivity index (χ3v) is 3.23. The highest BCUT2D eigenvalue weighted by molar-refractivity contribution is 5.92. The van der Waals surface area contributed by atoms with Gasteiger partial charge in [0.05, 0.1) is 18.9 Å². The molecule has 0 aliphatic heterocycles. The van der Waals surface area contributed by atoms with E-state index in [4.69, 9.17) is 9.84 Å². The van der Waals surface area contributed by atoms with Crippen molar-refractivity contribution in [3.05, 3.63) is 36.0 Å². The molecule has 0 spiro atoms. The van der Waals surface area contributed by atoms with Gasteiger partial charge in [-0.15, -0.1) is 0 Å². The van der Waals surface area contributed by atoms with E-state index in [0.717, 1.165) is 0 Å². The minimum atomic E-state index is -1.05. The van der Waals surface area contributed by atoms with Crippen molar-refractivity contribution in [2.24, 2.45) is 0 Å². The van der Waals surface area contributed by atoms with E-state index >= 15 is 0 Å². The molecule has 1 aromatic carbocycles. The third-order valence-electron chi connectivity index (χ3n) is 3.23. The molecule has 1 aromatic heterocycles. The van der Waals surface area contributed by atoms with Crippen LogP contribution in [0, 0.1) is 0 Å². The van der Waals surface area contributed by atoms with Crippen molar-refractivity contribution in [1.29, 1.82) is 0 Å². The number of nitrogens with zero attached hydrogens (tertiary/aromatic N) is 3. The number of hydrogen-bond donors (Lipinski definition) is 2. The van der Waals surface area contributed by atoms with Gasteiger partial charge in [0.15, 0.2) is 0 Å². The molecule has 2 N–H and O–H groups in total. The van der Waals surface area contributed by atoms with Crippen molar-refractivity contribution in [1.82, 2.24) is 9.97 Å². The molecule has 23 heavy (non-hydrogen) atoms. The summed E-state index contributed by atoms with van der Waals surface area (Å²) in [7, 11) is 1.77. The van der Waals surface area contributed by atoms with Gasteiger partial charge in [-0.1, -0.05) is 0 Å². The lowest BCUT2D eigenvalue weighted by Gasteiger charge is -2.16. The van der Waals surface area contributed by atoms with Crippen LogP contribution in [0.4, 0.5) is 5.95 Å². The molecule has 7 nitrogen and oxygen atoms in total. The van der Waals surface area contributed by atoms with Crippen LogP contribution in [0.15, 0.2) is 30.5 Å². The van der Waals surface area contributed by atoms with Crippen LogP contribution in [0.1, 0.15) is 17.3 Å². The van der Waals surface area contributed by atoms with Crippen LogP contribution in [-0.2, 0) is 0 Å². The van der Waals surface area contributed by atoms with Crippen LogP contribution in [0.3, 0.4) is 0 Å². The first-order chi connectivity index (χ1) is 11.1. The summed E-state index contributed by atoms with van der Waals surface area (Å²) in [6, 6.07) is 6.63. The maximum absolute atomic E-state index is 11.4. The molecule has 1 heterocycles. The van der Waals surface area contributed by atoms with Crippen LogP contribution in [0.2, 0.25) is 0 Å². The number of benzene rings is 1. The van der Waals surface area contributed by atoms with Crippen molar-refractivity contribution < 1.29 is 19.7 Å². The Morgan fingerprint density at radius 3 is 2.78 bits per heavy atom. The molecule has 0 saturated heterocycles. The number of aliphatic hydroxyl groups excluding tert-OH is 1. The highest BCUT2D eigenvalue weighted by atomic mass is 16.5. The minimum Gasteiger partial charge on any atom is -0.493 e. The number of carboxylic acids is 1. The normalized spacial score (nSPS) is 10.4. The Morgan fingerprint density at radius 2 is 2.13 bits per heavy atom. The molecular formula is C16H19N3O4. The summed E-state index contributed by atoms with van der Waals surface area (Å²) in [4.78, 5) is 21.7. The zero-order valence-corrected chi connectivity index (χ0v) is 13.1. The van der Waals surface area contributed by atoms with Crippen molar-refractivity contribution in [2.75, 3.05) is 31.7 Å². The largest absolute Gasteiger partial charge is 0.493 e. The molecule has 7 heteroatoms. The molecule has 122 valence electrons. The fraction of sp³-hybridized carbons (Fsp3) is 0.312. The van der Waals surface area contributed by atoms with E-state index in [2.05, 4.69) is 9.97 Å². The zero-order valence-electron chi connectivity index (χ0n) is 13.1. The molecule has 0 fully saturated rings. The number of aromatic carboxylic acids is 1. The lowest BCUT2D eigenvalue weighted by Crippen LogP contribution is -2.23. The van der Waals surface area contributed by atoms with Crippen molar-refractivity contribution >= 4 is 11.9 Å². The monoisotopic (exact) mass is 317 g/mol. The third kappa shape index (κ3) is 3.95. The molecule has 0 aliphatic rings. The first-order valence-corrected chi connectivity index (χ1v) is 7.22. The second-order valence-electron chi connectivity index (χ2n) is 4.84. The molecule has 0 unspecified atom stereocenters. The van der Waals surface area contributed by atoms with Gasteiger partial charge in [0.1, 0.15) is 11.3 Å². The van der Waals surface area contributed by atoms with Crippen molar-refractivity contribution in [3.8, 4) is 17.0 Å². The van der Waals surface area contributed by atoms with E-state index in [9.17, 15) is 9.90 Å². The van der Waals surface area contributed by atoms with Gasteiger partial charge in [-0.25, -0.2) is 14.8 Å². The smallest absolute Gasteiger partial charge is 0.339 e. The van der Waals surface area contributed by atoms with E-state index in [1.165, 1.54) is 6.07 Å². The lowest BCUT2D eigenvalue weighted by molar-refractivity contribution is 0.0692. The summed E-state index contributed by atoms with van der Waals surface area (Å²) < 4.78 is 5.33. The molecule has 0 atom stereocenters. The predicted molar refractivity (Wildman–Crippen MR) is 86.0 cm³/mol. The van der Waals surface area contributed by atoms with E-state index in [1.807, 2.05) is 0 Å². The molecule has 0 bridgehead atoms. The number of anilines is 1. The molecule has 0 radical (unpaired) electrons. The van der Waals surface area contributed by atoms with Gasteiger partial charge < -0.3 is 19.8 Å². The summed E-state index contributed by atoms with van der Waals surface area (Å²) >= 11 is 0. The Labute approximate surface area is 134 Å². The summed E-state index contributed by atoms with van der Waals surface area (Å²) in [6.45, 7) is 2.60. The summed E-state index contributed by atoms with van der Waals surface area (Å²) in [5, 5.41) is 18.3. The highest BCUT2D eigenvalue weighted by Gasteiger charge is 2.14. The summed E-state index contributed by atoms with van der Waals surface area (Å²) in [5.41, 5.74) is 1.35. The molecular weight excluding hydrogens is 298 g/mol. The Bertz CT molecular complexity index is 691. The number of likely N-dealkylation sites (N-methyl/N-ethyl adjacent to an activating group) is 1. The summed E-state index contributed by atoms with van der Waals surface area (Å²) in [6.07, 6.45) is 1.60. The summed E-state index contributed by atoms with van der Waals surface area (Å²) in [5.74, 6) is -0.264. The second kappa shape index (κ2) is 7.55. The van der Waals surface area contributed by atoms with Gasteiger partial charge in [-0.05, 0) is 31.2 Å². The standard InChI is InChI=1S/C16H19N3O4/c1-3-23-14-5-4-11(10-12(14)15(21)22)13-6-7-17-16(18-13)19(2)8-9-20/h4-7,10,20H,3,8-9H2,1-2H3,(H,21,22). The fourth-order valence-corrected chi connectivity index (χ4v) is 2.08. The Balaban J connectivity index is 2.40. The van der Waals surface area contributed by atoms with Crippen LogP contribution in [-0.4, -0.2) is 53.0 Å². The average molecular weight is 317 g/mol. The predicted octanol–water partition coefficient (Wildman–Crippen LogP) is 1.67. The first-order valence-electron chi connectivity index (χ1n) is 7.22. The lowest BCUT2D eigenvalue weighted by atomic mass is 10.1. The van der Waals surface area contributed by atoms with Gasteiger partial charge in [0, 0.05) is 25.4 Å². The Morgan fingerprint density at radius 1 is 1.35 bits per heavy atom. The van der Waals surface area contributed by atoms with E-state index in [-0.39, 0.29) is 12.2 Å². The average Bonchev–Trinajstić information content (AvgIpc) is 2.55.